The second-order valence-corrected chi connectivity index (χ2v) is 12.0. The zero-order valence-corrected chi connectivity index (χ0v) is 22.5. The Bertz CT molecular complexity index is 2040. The van der Waals surface area contributed by atoms with E-state index in [1.807, 2.05) is 24.4 Å². The average Bonchev–Trinajstić information content (AvgIpc) is 3.41. The zero-order chi connectivity index (χ0) is 26.7. The van der Waals surface area contributed by atoms with E-state index in [1.165, 1.54) is 38.7 Å². The van der Waals surface area contributed by atoms with Gasteiger partial charge in [-0.3, -0.25) is 9.78 Å². The van der Waals surface area contributed by atoms with Gasteiger partial charge < -0.3 is 4.57 Å². The Hall–Kier alpha value is -4.50. The van der Waals surface area contributed by atoms with E-state index < -0.39 is 0 Å². The first-order chi connectivity index (χ1) is 18.8. The highest BCUT2D eigenvalue weighted by Crippen LogP contribution is 2.49. The molecular formula is C36H28N2O. The minimum atomic E-state index is -0.267. The highest BCUT2D eigenvalue weighted by atomic mass is 16.1. The van der Waals surface area contributed by atoms with Gasteiger partial charge in [-0.2, -0.15) is 0 Å². The molecule has 0 saturated carbocycles. The Balaban J connectivity index is 1.29. The summed E-state index contributed by atoms with van der Waals surface area (Å²) in [6, 6.07) is 31.7. The molecule has 0 atom stereocenters. The summed E-state index contributed by atoms with van der Waals surface area (Å²) >= 11 is 0. The lowest BCUT2D eigenvalue weighted by molar-refractivity contribution is 0.103. The van der Waals surface area contributed by atoms with Crippen molar-refractivity contribution in [1.29, 1.82) is 0 Å². The van der Waals surface area contributed by atoms with Gasteiger partial charge in [0.15, 0.2) is 5.78 Å². The Morgan fingerprint density at radius 3 is 2.21 bits per heavy atom. The third-order valence-corrected chi connectivity index (χ3v) is 9.23. The van der Waals surface area contributed by atoms with Crippen LogP contribution in [-0.4, -0.2) is 15.3 Å². The highest BCUT2D eigenvalue weighted by molar-refractivity contribution is 6.11. The number of hydrogen-bond acceptors (Lipinski definition) is 2. The van der Waals surface area contributed by atoms with Crippen molar-refractivity contribution in [2.24, 2.45) is 0 Å². The van der Waals surface area contributed by atoms with Crippen LogP contribution in [0.5, 0.6) is 0 Å². The SMILES string of the molecule is CC1(C)c2ccccc2-c2ccc(C(=O)c3ccc4c(c3)C(C)(C)c3cccc5c6ncccc6n-4c35)cc21. The van der Waals surface area contributed by atoms with Gasteiger partial charge in [-0.05, 0) is 69.8 Å². The summed E-state index contributed by atoms with van der Waals surface area (Å²) in [6.45, 7) is 9.03. The van der Waals surface area contributed by atoms with E-state index in [2.05, 4.69) is 105 Å². The summed E-state index contributed by atoms with van der Waals surface area (Å²) < 4.78 is 2.33. The van der Waals surface area contributed by atoms with Gasteiger partial charge in [-0.25, -0.2) is 0 Å². The van der Waals surface area contributed by atoms with Gasteiger partial charge in [0.05, 0.1) is 22.2 Å². The fourth-order valence-corrected chi connectivity index (χ4v) is 7.17. The maximum Gasteiger partial charge on any atom is 0.193 e. The molecule has 0 saturated heterocycles. The van der Waals surface area contributed by atoms with Crippen LogP contribution in [0.25, 0.3) is 38.8 Å². The van der Waals surface area contributed by atoms with Crippen LogP contribution in [0.3, 0.4) is 0 Å². The number of para-hydroxylation sites is 1. The minimum Gasteiger partial charge on any atom is -0.307 e. The second-order valence-electron chi connectivity index (χ2n) is 12.0. The molecule has 4 aromatic carbocycles. The summed E-state index contributed by atoms with van der Waals surface area (Å²) in [5.74, 6) is 0.0613. The molecule has 2 aromatic heterocycles. The number of hydrogen-bond donors (Lipinski definition) is 0. The van der Waals surface area contributed by atoms with E-state index in [9.17, 15) is 4.79 Å². The number of rotatable bonds is 2. The van der Waals surface area contributed by atoms with Crippen LogP contribution in [-0.2, 0) is 10.8 Å². The Morgan fingerprint density at radius 1 is 0.667 bits per heavy atom. The molecule has 0 radical (unpaired) electrons. The van der Waals surface area contributed by atoms with Crippen LogP contribution in [0, 0.1) is 0 Å². The first-order valence-electron chi connectivity index (χ1n) is 13.6. The summed E-state index contributed by atoms with van der Waals surface area (Å²) in [6.07, 6.45) is 1.86. The molecule has 0 amide bonds. The quantitative estimate of drug-likeness (QED) is 0.222. The zero-order valence-electron chi connectivity index (χ0n) is 22.5. The largest absolute Gasteiger partial charge is 0.307 e. The number of pyridine rings is 1. The number of fused-ring (bicyclic) bond motifs is 8. The Morgan fingerprint density at radius 2 is 1.36 bits per heavy atom. The molecule has 1 aliphatic carbocycles. The van der Waals surface area contributed by atoms with Crippen LogP contribution < -0.4 is 0 Å². The predicted molar refractivity (Wildman–Crippen MR) is 158 cm³/mol. The van der Waals surface area contributed by atoms with E-state index in [1.54, 1.807) is 0 Å². The van der Waals surface area contributed by atoms with E-state index in [0.29, 0.717) is 0 Å². The molecule has 3 nitrogen and oxygen atoms in total. The number of carbonyl (C=O) groups excluding carboxylic acids is 1. The Labute approximate surface area is 227 Å². The topological polar surface area (TPSA) is 34.9 Å². The lowest BCUT2D eigenvalue weighted by atomic mass is 9.74. The van der Waals surface area contributed by atoms with Gasteiger partial charge in [-0.1, -0.05) is 82.3 Å². The third kappa shape index (κ3) is 2.77. The van der Waals surface area contributed by atoms with E-state index in [0.717, 1.165) is 33.4 Å². The van der Waals surface area contributed by atoms with Gasteiger partial charge in [0, 0.05) is 33.5 Å². The molecule has 3 heterocycles. The molecule has 2 aliphatic rings. The molecule has 0 bridgehead atoms. The third-order valence-electron chi connectivity index (χ3n) is 9.23. The van der Waals surface area contributed by atoms with Crippen LogP contribution >= 0.6 is 0 Å². The molecule has 0 fully saturated rings. The van der Waals surface area contributed by atoms with E-state index in [4.69, 9.17) is 4.98 Å². The fourth-order valence-electron chi connectivity index (χ4n) is 7.17. The normalized spacial score (nSPS) is 15.7. The minimum absolute atomic E-state index is 0.0613. The summed E-state index contributed by atoms with van der Waals surface area (Å²) in [5.41, 5.74) is 12.9. The molecule has 188 valence electrons. The summed E-state index contributed by atoms with van der Waals surface area (Å²) in [5, 5.41) is 1.17. The maximum atomic E-state index is 14.0. The van der Waals surface area contributed by atoms with Gasteiger partial charge >= 0.3 is 0 Å². The number of ketones is 1. The van der Waals surface area contributed by atoms with Crippen molar-refractivity contribution in [3.05, 3.63) is 131 Å². The highest BCUT2D eigenvalue weighted by Gasteiger charge is 2.37. The lowest BCUT2D eigenvalue weighted by Crippen LogP contribution is -2.26. The number of benzene rings is 4. The second kappa shape index (κ2) is 7.33. The number of aromatic nitrogens is 2. The van der Waals surface area contributed by atoms with Crippen molar-refractivity contribution in [2.75, 3.05) is 0 Å². The fraction of sp³-hybridized carbons (Fsp3) is 0.167. The smallest absolute Gasteiger partial charge is 0.193 e. The van der Waals surface area contributed by atoms with Gasteiger partial charge in [0.2, 0.25) is 0 Å². The standard InChI is InChI=1S/C36H28N2O/c1-35(2)26-11-6-5-9-23(26)24-16-14-21(19-28(24)35)34(39)22-15-17-30-29(20-22)36(3,4)27-12-7-10-25-32-31(13-8-18-37-32)38(30)33(25)27/h5-20H,1-4H3. The summed E-state index contributed by atoms with van der Waals surface area (Å²) in [4.78, 5) is 18.7. The molecule has 0 unspecified atom stereocenters. The summed E-state index contributed by atoms with van der Waals surface area (Å²) in [7, 11) is 0. The number of carbonyl (C=O) groups is 1. The van der Waals surface area contributed by atoms with Crippen LogP contribution in [0.1, 0.15) is 65.9 Å². The molecule has 0 N–H and O–H groups in total. The van der Waals surface area contributed by atoms with Crippen LogP contribution in [0.15, 0.2) is 97.2 Å². The molecule has 0 spiro atoms. The van der Waals surface area contributed by atoms with Crippen molar-refractivity contribution in [3.8, 4) is 16.8 Å². The van der Waals surface area contributed by atoms with E-state index >= 15 is 0 Å². The van der Waals surface area contributed by atoms with Crippen molar-refractivity contribution < 1.29 is 4.79 Å². The first-order valence-corrected chi connectivity index (χ1v) is 13.6. The van der Waals surface area contributed by atoms with Crippen molar-refractivity contribution in [3.63, 3.8) is 0 Å². The molecule has 1 aliphatic heterocycles. The first kappa shape index (κ1) is 22.5. The molecule has 3 heteroatoms. The predicted octanol–water partition coefficient (Wildman–Crippen LogP) is 8.36. The van der Waals surface area contributed by atoms with Crippen molar-refractivity contribution in [1.82, 2.24) is 9.55 Å². The van der Waals surface area contributed by atoms with Crippen molar-refractivity contribution >= 4 is 27.7 Å². The van der Waals surface area contributed by atoms with Crippen molar-refractivity contribution in [2.45, 2.75) is 38.5 Å². The van der Waals surface area contributed by atoms with Crippen LogP contribution in [0.4, 0.5) is 0 Å². The Kier molecular flexibility index (Phi) is 4.22. The maximum absolute atomic E-state index is 14.0. The average molecular weight is 505 g/mol. The number of nitrogens with zero attached hydrogens (tertiary/aromatic N) is 2. The van der Waals surface area contributed by atoms with Gasteiger partial charge in [0.1, 0.15) is 0 Å². The van der Waals surface area contributed by atoms with Crippen LogP contribution in [0.2, 0.25) is 0 Å². The van der Waals surface area contributed by atoms with E-state index in [-0.39, 0.29) is 16.6 Å². The monoisotopic (exact) mass is 504 g/mol. The lowest BCUT2D eigenvalue weighted by Gasteiger charge is -2.35. The van der Waals surface area contributed by atoms with Gasteiger partial charge in [0.25, 0.3) is 0 Å². The molecule has 8 rings (SSSR count). The molecular weight excluding hydrogens is 476 g/mol. The molecule has 39 heavy (non-hydrogen) atoms. The van der Waals surface area contributed by atoms with Gasteiger partial charge in [-0.15, -0.1) is 0 Å². The molecule has 6 aromatic rings.